The molecule has 1 aromatic heterocycles. The number of carboxylic acid groups (broad SMARTS) is 1. The second-order valence-corrected chi connectivity index (χ2v) is 5.51. The van der Waals surface area contributed by atoms with Crippen LogP contribution in [-0.4, -0.2) is 41.4 Å². The number of pyridine rings is 1. The van der Waals surface area contributed by atoms with Crippen molar-refractivity contribution in [3.8, 4) is 0 Å². The van der Waals surface area contributed by atoms with Gasteiger partial charge in [-0.15, -0.1) is 0 Å². The van der Waals surface area contributed by atoms with Crippen LogP contribution in [-0.2, 0) is 4.74 Å². The topological polar surface area (TPSA) is 62.7 Å². The summed E-state index contributed by atoms with van der Waals surface area (Å²) >= 11 is 0. The zero-order valence-corrected chi connectivity index (χ0v) is 12.1. The molecule has 1 N–H and O–H groups in total. The van der Waals surface area contributed by atoms with Crippen LogP contribution in [0, 0.1) is 0 Å². The summed E-state index contributed by atoms with van der Waals surface area (Å²) in [6.07, 6.45) is 1.59. The van der Waals surface area contributed by atoms with Gasteiger partial charge in [-0.25, -0.2) is 4.79 Å². The van der Waals surface area contributed by atoms with E-state index in [4.69, 9.17) is 4.74 Å². The van der Waals surface area contributed by atoms with E-state index >= 15 is 0 Å². The van der Waals surface area contributed by atoms with Gasteiger partial charge in [0.25, 0.3) is 0 Å². The lowest BCUT2D eigenvalue weighted by Crippen LogP contribution is -2.46. The molecule has 0 radical (unpaired) electrons. The lowest BCUT2D eigenvalue weighted by Gasteiger charge is -2.37. The molecule has 110 valence electrons. The molecule has 0 bridgehead atoms. The molecule has 1 aliphatic rings. The summed E-state index contributed by atoms with van der Waals surface area (Å²) in [6, 6.07) is 7.64. The number of morpholine rings is 1. The average molecular weight is 286 g/mol. The summed E-state index contributed by atoms with van der Waals surface area (Å²) in [6.45, 7) is 5.37. The van der Waals surface area contributed by atoms with E-state index in [1.807, 2.05) is 38.1 Å². The minimum atomic E-state index is -0.949. The molecule has 2 atom stereocenters. The van der Waals surface area contributed by atoms with Gasteiger partial charge in [0.05, 0.1) is 23.4 Å². The van der Waals surface area contributed by atoms with Crippen LogP contribution >= 0.6 is 0 Å². The highest BCUT2D eigenvalue weighted by Gasteiger charge is 2.27. The normalized spacial score (nSPS) is 22.5. The number of para-hydroxylation sites is 1. The summed E-state index contributed by atoms with van der Waals surface area (Å²) < 4.78 is 5.75. The highest BCUT2D eigenvalue weighted by atomic mass is 16.5. The minimum Gasteiger partial charge on any atom is -0.478 e. The van der Waals surface area contributed by atoms with Gasteiger partial charge in [-0.2, -0.15) is 0 Å². The molecule has 1 saturated heterocycles. The molecular formula is C16H18N2O3. The molecule has 0 aliphatic carbocycles. The lowest BCUT2D eigenvalue weighted by molar-refractivity contribution is -0.00523. The predicted molar refractivity (Wildman–Crippen MR) is 80.9 cm³/mol. The van der Waals surface area contributed by atoms with Crippen molar-refractivity contribution in [2.24, 2.45) is 0 Å². The zero-order valence-electron chi connectivity index (χ0n) is 12.1. The molecule has 0 saturated carbocycles. The molecule has 1 fully saturated rings. The Hall–Kier alpha value is -2.14. The Morgan fingerprint density at radius 2 is 1.95 bits per heavy atom. The van der Waals surface area contributed by atoms with E-state index in [1.165, 1.54) is 6.20 Å². The summed E-state index contributed by atoms with van der Waals surface area (Å²) in [7, 11) is 0. The summed E-state index contributed by atoms with van der Waals surface area (Å²) in [5, 5.41) is 10.4. The van der Waals surface area contributed by atoms with Gasteiger partial charge in [0.1, 0.15) is 5.56 Å². The third-order valence-corrected chi connectivity index (χ3v) is 3.71. The molecule has 5 nitrogen and oxygen atoms in total. The maximum atomic E-state index is 11.6. The Labute approximate surface area is 123 Å². The van der Waals surface area contributed by atoms with Crippen LogP contribution < -0.4 is 4.90 Å². The number of anilines is 1. The van der Waals surface area contributed by atoms with Crippen LogP contribution in [0.2, 0.25) is 0 Å². The van der Waals surface area contributed by atoms with E-state index in [2.05, 4.69) is 9.88 Å². The van der Waals surface area contributed by atoms with Crippen molar-refractivity contribution in [1.82, 2.24) is 4.98 Å². The van der Waals surface area contributed by atoms with E-state index < -0.39 is 5.97 Å². The summed E-state index contributed by atoms with van der Waals surface area (Å²) in [5.74, 6) is -0.949. The van der Waals surface area contributed by atoms with Gasteiger partial charge in [0.15, 0.2) is 0 Å². The van der Waals surface area contributed by atoms with E-state index in [9.17, 15) is 9.90 Å². The predicted octanol–water partition coefficient (Wildman–Crippen LogP) is 2.55. The monoisotopic (exact) mass is 286 g/mol. The number of benzene rings is 1. The Morgan fingerprint density at radius 3 is 2.62 bits per heavy atom. The fourth-order valence-electron chi connectivity index (χ4n) is 2.98. The summed E-state index contributed by atoms with van der Waals surface area (Å²) in [4.78, 5) is 17.9. The molecule has 2 unspecified atom stereocenters. The Balaban J connectivity index is 2.18. The number of aromatic carboxylic acids is 1. The molecular weight excluding hydrogens is 268 g/mol. The molecule has 21 heavy (non-hydrogen) atoms. The maximum Gasteiger partial charge on any atom is 0.339 e. The van der Waals surface area contributed by atoms with Crippen molar-refractivity contribution in [2.45, 2.75) is 26.1 Å². The van der Waals surface area contributed by atoms with Crippen LogP contribution in [0.5, 0.6) is 0 Å². The number of rotatable bonds is 2. The van der Waals surface area contributed by atoms with Crippen molar-refractivity contribution in [3.63, 3.8) is 0 Å². The first-order valence-corrected chi connectivity index (χ1v) is 7.07. The second kappa shape index (κ2) is 5.33. The van der Waals surface area contributed by atoms with Gasteiger partial charge in [-0.1, -0.05) is 18.2 Å². The molecule has 0 amide bonds. The first-order chi connectivity index (χ1) is 10.1. The fraction of sp³-hybridized carbons (Fsp3) is 0.375. The number of aromatic nitrogens is 1. The van der Waals surface area contributed by atoms with E-state index in [-0.39, 0.29) is 17.8 Å². The van der Waals surface area contributed by atoms with Crippen LogP contribution in [0.1, 0.15) is 24.2 Å². The Bertz CT molecular complexity index is 676. The number of carboxylic acids is 1. The number of hydrogen-bond donors (Lipinski definition) is 1. The summed E-state index contributed by atoms with van der Waals surface area (Å²) in [5.41, 5.74) is 1.80. The number of carbonyl (C=O) groups is 1. The zero-order chi connectivity index (χ0) is 15.0. The van der Waals surface area contributed by atoms with Crippen molar-refractivity contribution in [3.05, 3.63) is 36.0 Å². The van der Waals surface area contributed by atoms with E-state index in [0.717, 1.165) is 16.6 Å². The van der Waals surface area contributed by atoms with Crippen molar-refractivity contribution >= 4 is 22.6 Å². The molecule has 2 aromatic rings. The lowest BCUT2D eigenvalue weighted by atomic mass is 10.1. The molecule has 1 aromatic carbocycles. The number of fused-ring (bicyclic) bond motifs is 1. The SMILES string of the molecule is CC1CN(c2c(C(=O)O)cnc3ccccc23)CC(C)O1. The number of ether oxygens (including phenoxy) is 1. The molecule has 1 aliphatic heterocycles. The largest absolute Gasteiger partial charge is 0.478 e. The average Bonchev–Trinajstić information content (AvgIpc) is 2.44. The minimum absolute atomic E-state index is 0.0716. The van der Waals surface area contributed by atoms with E-state index in [1.54, 1.807) is 0 Å². The fourth-order valence-corrected chi connectivity index (χ4v) is 2.98. The Morgan fingerprint density at radius 1 is 1.29 bits per heavy atom. The van der Waals surface area contributed by atoms with Gasteiger partial charge in [0.2, 0.25) is 0 Å². The van der Waals surface area contributed by atoms with Gasteiger partial charge in [-0.05, 0) is 19.9 Å². The van der Waals surface area contributed by atoms with Crippen molar-refractivity contribution < 1.29 is 14.6 Å². The smallest absolute Gasteiger partial charge is 0.339 e. The van der Waals surface area contributed by atoms with Crippen LogP contribution in [0.4, 0.5) is 5.69 Å². The van der Waals surface area contributed by atoms with Crippen molar-refractivity contribution in [2.75, 3.05) is 18.0 Å². The standard InChI is InChI=1S/C16H18N2O3/c1-10-8-18(9-11(2)21-10)15-12-5-3-4-6-14(12)17-7-13(15)16(19)20/h3-7,10-11H,8-9H2,1-2H3,(H,19,20). The molecule has 3 rings (SSSR count). The highest BCUT2D eigenvalue weighted by Crippen LogP contribution is 2.31. The molecule has 2 heterocycles. The highest BCUT2D eigenvalue weighted by molar-refractivity contribution is 6.04. The van der Waals surface area contributed by atoms with Gasteiger partial charge < -0.3 is 14.7 Å². The van der Waals surface area contributed by atoms with E-state index in [0.29, 0.717) is 13.1 Å². The third-order valence-electron chi connectivity index (χ3n) is 3.71. The first kappa shape index (κ1) is 13.8. The first-order valence-electron chi connectivity index (χ1n) is 7.07. The molecule has 0 spiro atoms. The van der Waals surface area contributed by atoms with Gasteiger partial charge >= 0.3 is 5.97 Å². The van der Waals surface area contributed by atoms with Crippen molar-refractivity contribution in [1.29, 1.82) is 0 Å². The van der Waals surface area contributed by atoms with Gasteiger partial charge in [0, 0.05) is 24.7 Å². The van der Waals surface area contributed by atoms with Crippen LogP contribution in [0.3, 0.4) is 0 Å². The van der Waals surface area contributed by atoms with Gasteiger partial charge in [-0.3, -0.25) is 4.98 Å². The third kappa shape index (κ3) is 2.56. The quantitative estimate of drug-likeness (QED) is 0.919. The van der Waals surface area contributed by atoms with Crippen LogP contribution in [0.25, 0.3) is 10.9 Å². The molecule has 5 heteroatoms. The number of nitrogens with zero attached hydrogens (tertiary/aromatic N) is 2. The second-order valence-electron chi connectivity index (χ2n) is 5.51. The van der Waals surface area contributed by atoms with Crippen LogP contribution in [0.15, 0.2) is 30.5 Å². The maximum absolute atomic E-state index is 11.6. The Kier molecular flexibility index (Phi) is 3.51. The number of hydrogen-bond acceptors (Lipinski definition) is 4.